The number of aliphatic hydroxyl groups excluding tert-OH is 3. The molecule has 408 valence electrons. The first-order chi connectivity index (χ1) is 33.5. The molecule has 0 aromatic heterocycles. The fraction of sp³-hybridized carbons (Fsp3) is 0.867. The second-order valence-corrected chi connectivity index (χ2v) is 29.4. The largest absolute Gasteiger partial charge is 0.481 e. The van der Waals surface area contributed by atoms with Crippen LogP contribution in [-0.2, 0) is 23.9 Å². The van der Waals surface area contributed by atoms with Crippen LogP contribution < -0.4 is 0 Å². The third-order valence-electron chi connectivity index (χ3n) is 27.3. The topological polar surface area (TPSA) is 239 Å². The summed E-state index contributed by atoms with van der Waals surface area (Å²) in [5.41, 5.74) is -9.51. The molecule has 8 saturated carbocycles. The van der Waals surface area contributed by atoms with E-state index in [1.165, 1.54) is 0 Å². The van der Waals surface area contributed by atoms with Gasteiger partial charge in [0.1, 0.15) is 11.5 Å². The van der Waals surface area contributed by atoms with Crippen LogP contribution >= 0.6 is 0 Å². The van der Waals surface area contributed by atoms with Crippen molar-refractivity contribution in [3.63, 3.8) is 0 Å². The molecule has 0 aromatic carbocycles. The first-order valence-electron chi connectivity index (χ1n) is 28.4. The van der Waals surface area contributed by atoms with Crippen LogP contribution in [0.25, 0.3) is 0 Å². The highest BCUT2D eigenvalue weighted by Gasteiger charge is 2.77. The standard InChI is InChI=1S/C60H90O13/c1-31-17-23-59(46(66)67)27-25-51(5)33(41(59)57(31,11)71)13-15-37-49(3)29-35(61)43(63)55(9,39(49)19-21-53(37,51)7)48(70)73-44-36(62)30-50(4)38-16-14-34-42-58(12,72)32(2)18-24-60(42,47(68)69)28-26-52(34,6)54(38,8)22-20-40(50)56(44,10)45(64)65/h13-14,31-32,35-44,61-63,71-72H,15-30H2,1-12H3,(H,64,65)(H,66,67)(H,68,69)/t31-,32-,35-,36-,37-,38-,39-,40-,41-,42-,43-,44-,49-,50-,51-,52-,53-,54-,55-,56-,57-,58-,59+,60+/m1/s1. The number of carboxylic acid groups (broad SMARTS) is 3. The number of fused-ring (bicyclic) bond motifs is 14. The summed E-state index contributed by atoms with van der Waals surface area (Å²) in [5.74, 6) is -6.40. The summed E-state index contributed by atoms with van der Waals surface area (Å²) in [6.07, 6.45) is 6.54. The number of hydrogen-bond donors (Lipinski definition) is 8. The molecule has 0 heterocycles. The van der Waals surface area contributed by atoms with Gasteiger partial charge in [-0.2, -0.15) is 0 Å². The van der Waals surface area contributed by atoms with Crippen LogP contribution in [0.5, 0.6) is 0 Å². The predicted octanol–water partition coefficient (Wildman–Crippen LogP) is 8.96. The highest BCUT2D eigenvalue weighted by molar-refractivity contribution is 5.81. The number of rotatable bonds is 5. The molecule has 10 aliphatic carbocycles. The molecule has 24 atom stereocenters. The van der Waals surface area contributed by atoms with E-state index in [4.69, 9.17) is 4.74 Å². The Balaban J connectivity index is 0.973. The molecule has 13 nitrogen and oxygen atoms in total. The van der Waals surface area contributed by atoms with Gasteiger partial charge >= 0.3 is 23.9 Å². The molecule has 0 amide bonds. The minimum Gasteiger partial charge on any atom is -0.481 e. The van der Waals surface area contributed by atoms with Crippen molar-refractivity contribution >= 4 is 23.9 Å². The number of ether oxygens (including phenoxy) is 1. The van der Waals surface area contributed by atoms with Crippen LogP contribution in [0.3, 0.4) is 0 Å². The van der Waals surface area contributed by atoms with Crippen LogP contribution in [-0.4, -0.2) is 100 Å². The van der Waals surface area contributed by atoms with Gasteiger partial charge in [0.15, 0.2) is 0 Å². The van der Waals surface area contributed by atoms with Crippen LogP contribution in [0.4, 0.5) is 0 Å². The Morgan fingerprint density at radius 2 is 0.904 bits per heavy atom. The van der Waals surface area contributed by atoms with Gasteiger partial charge in [-0.3, -0.25) is 19.2 Å². The maximum atomic E-state index is 15.5. The van der Waals surface area contributed by atoms with Gasteiger partial charge in [-0.1, -0.05) is 78.7 Å². The second-order valence-electron chi connectivity index (χ2n) is 29.4. The molecule has 0 aliphatic heterocycles. The summed E-state index contributed by atoms with van der Waals surface area (Å²) in [5, 5.41) is 94.9. The summed E-state index contributed by atoms with van der Waals surface area (Å²) in [6.45, 7) is 24.1. The molecule has 0 saturated heterocycles. The molecule has 0 unspecified atom stereocenters. The summed E-state index contributed by atoms with van der Waals surface area (Å²) in [7, 11) is 0. The van der Waals surface area contributed by atoms with Crippen molar-refractivity contribution in [2.45, 2.75) is 221 Å². The molecular weight excluding hydrogens is 929 g/mol. The van der Waals surface area contributed by atoms with Gasteiger partial charge in [-0.25, -0.2) is 0 Å². The SMILES string of the molecule is C[C@@H]1CC[C@]2(C(=O)O)CC[C@]3(C)C(=CC[C@@H]4[C@@]5(C)C[C@@H](O)[C@@H](O)[C@](C)(C(=O)O[C@@H]6[C@H](O)C[C@@]7(C)[C@@H](CC[C@]8(C)[C@@H]7CC=C7[C@H]9[C@](C(=O)O)(CC[C@@H](C)[C@@]9(C)O)CC[C@]78C)[C@@]6(C)C(=O)O)[C@@H]5CC[C@]43C)[C@@H]2[C@]1(C)O. The van der Waals surface area contributed by atoms with Gasteiger partial charge in [-0.05, 0) is 198 Å². The zero-order valence-corrected chi connectivity index (χ0v) is 46.0. The van der Waals surface area contributed by atoms with Gasteiger partial charge in [0, 0.05) is 11.8 Å². The highest BCUT2D eigenvalue weighted by Crippen LogP contribution is 2.79. The molecule has 0 aromatic rings. The maximum absolute atomic E-state index is 15.5. The fourth-order valence-electron chi connectivity index (χ4n) is 22.3. The number of aliphatic hydroxyl groups is 5. The van der Waals surface area contributed by atoms with E-state index in [2.05, 4.69) is 53.7 Å². The molecule has 0 spiro atoms. The molecule has 13 heteroatoms. The normalized spacial score (nSPS) is 58.0. The van der Waals surface area contributed by atoms with Crippen LogP contribution in [0.2, 0.25) is 0 Å². The number of allylic oxidation sites excluding steroid dienone is 2. The lowest BCUT2D eigenvalue weighted by atomic mass is 9.32. The third kappa shape index (κ3) is 6.15. The van der Waals surface area contributed by atoms with E-state index < -0.39 is 137 Å². The Labute approximate surface area is 433 Å². The van der Waals surface area contributed by atoms with Crippen molar-refractivity contribution in [3.05, 3.63) is 23.3 Å². The fourth-order valence-corrected chi connectivity index (χ4v) is 22.3. The first kappa shape index (κ1) is 53.6. The number of hydrogen-bond acceptors (Lipinski definition) is 10. The Bertz CT molecular complexity index is 2440. The van der Waals surface area contributed by atoms with E-state index in [0.717, 1.165) is 11.1 Å². The summed E-state index contributed by atoms with van der Waals surface area (Å²) < 4.78 is 6.58. The quantitative estimate of drug-likeness (QED) is 0.0949. The maximum Gasteiger partial charge on any atom is 0.315 e. The monoisotopic (exact) mass is 1020 g/mol. The summed E-state index contributed by atoms with van der Waals surface area (Å²) in [4.78, 5) is 56.3. The average Bonchev–Trinajstić information content (AvgIpc) is 3.29. The molecular formula is C60H90O13. The second kappa shape index (κ2) is 15.9. The highest BCUT2D eigenvalue weighted by atomic mass is 16.6. The van der Waals surface area contributed by atoms with Crippen LogP contribution in [0, 0.1) is 101 Å². The molecule has 0 radical (unpaired) electrons. The van der Waals surface area contributed by atoms with Gasteiger partial charge < -0.3 is 45.6 Å². The Morgan fingerprint density at radius 3 is 1.30 bits per heavy atom. The minimum absolute atomic E-state index is 0.104. The number of aliphatic carboxylic acids is 3. The number of carboxylic acids is 3. The predicted molar refractivity (Wildman–Crippen MR) is 271 cm³/mol. The molecule has 10 aliphatic rings. The van der Waals surface area contributed by atoms with E-state index in [0.29, 0.717) is 89.9 Å². The van der Waals surface area contributed by atoms with Crippen LogP contribution in [0.15, 0.2) is 23.3 Å². The lowest BCUT2D eigenvalue weighted by Crippen LogP contribution is -2.71. The molecule has 8 fully saturated rings. The lowest BCUT2D eigenvalue weighted by molar-refractivity contribution is -0.266. The Hall–Kier alpha value is -2.84. The number of carbonyl (C=O) groups is 4. The van der Waals surface area contributed by atoms with E-state index >= 15 is 4.79 Å². The van der Waals surface area contributed by atoms with Gasteiger partial charge in [0.05, 0.1) is 45.8 Å². The van der Waals surface area contributed by atoms with E-state index in [9.17, 15) is 55.2 Å². The van der Waals surface area contributed by atoms with Crippen molar-refractivity contribution in [1.82, 2.24) is 0 Å². The molecule has 8 N–H and O–H groups in total. The zero-order chi connectivity index (χ0) is 53.8. The Kier molecular flexibility index (Phi) is 11.7. The van der Waals surface area contributed by atoms with Crippen molar-refractivity contribution in [2.24, 2.45) is 101 Å². The molecule has 0 bridgehead atoms. The molecule has 10 rings (SSSR count). The lowest BCUT2D eigenvalue weighted by Gasteiger charge is -2.72. The third-order valence-corrected chi connectivity index (χ3v) is 27.3. The first-order valence-corrected chi connectivity index (χ1v) is 28.4. The van der Waals surface area contributed by atoms with Crippen molar-refractivity contribution in [3.8, 4) is 0 Å². The van der Waals surface area contributed by atoms with Gasteiger partial charge in [0.2, 0.25) is 0 Å². The summed E-state index contributed by atoms with van der Waals surface area (Å²) in [6, 6.07) is 0. The van der Waals surface area contributed by atoms with Gasteiger partial charge in [-0.15, -0.1) is 0 Å². The van der Waals surface area contributed by atoms with E-state index in [1.54, 1.807) is 13.8 Å². The summed E-state index contributed by atoms with van der Waals surface area (Å²) >= 11 is 0. The number of carbonyl (C=O) groups excluding carboxylic acids is 1. The Morgan fingerprint density at radius 1 is 0.507 bits per heavy atom. The van der Waals surface area contributed by atoms with Crippen LogP contribution in [0.1, 0.15) is 186 Å². The molecule has 73 heavy (non-hydrogen) atoms. The minimum atomic E-state index is -1.76. The van der Waals surface area contributed by atoms with Gasteiger partial charge in [0.25, 0.3) is 0 Å². The van der Waals surface area contributed by atoms with E-state index in [-0.39, 0.29) is 36.5 Å². The number of esters is 1. The average molecular weight is 1020 g/mol. The smallest absolute Gasteiger partial charge is 0.315 e. The zero-order valence-electron chi connectivity index (χ0n) is 46.0. The van der Waals surface area contributed by atoms with E-state index in [1.807, 2.05) is 27.7 Å². The van der Waals surface area contributed by atoms with Crippen molar-refractivity contribution in [1.29, 1.82) is 0 Å². The van der Waals surface area contributed by atoms with Crippen molar-refractivity contribution in [2.75, 3.05) is 0 Å². The van der Waals surface area contributed by atoms with Crippen molar-refractivity contribution < 1.29 is 64.8 Å².